The van der Waals surface area contributed by atoms with Gasteiger partial charge in [-0.2, -0.15) is 0 Å². The molecule has 1 aliphatic carbocycles. The van der Waals surface area contributed by atoms with E-state index in [1.54, 1.807) is 54.6 Å². The van der Waals surface area contributed by atoms with Crippen LogP contribution >= 0.6 is 0 Å². The standard InChI is InChI=1S/C40H36O8/c41-33-35(45-25-27-13-5-1-6-14-27)37(47-39(43)31-19-11-4-12-20-31)34(42)38(36(33)46-26-28-15-7-2-8-16-28)48-40(44)32-23-21-30(22-24-32)29-17-9-3-10-18-29/h1-24,33-38,41-42H,25-26H2/t33?,34-,35+,36-,37+,38-/m1/s1. The van der Waals surface area contributed by atoms with Crippen molar-refractivity contribution in [1.29, 1.82) is 0 Å². The van der Waals surface area contributed by atoms with Crippen molar-refractivity contribution in [3.05, 3.63) is 168 Å². The Morgan fingerprint density at radius 3 is 1.25 bits per heavy atom. The van der Waals surface area contributed by atoms with Crippen LogP contribution in [0.25, 0.3) is 11.1 Å². The van der Waals surface area contributed by atoms with Crippen molar-refractivity contribution < 1.29 is 38.7 Å². The minimum absolute atomic E-state index is 0.0506. The summed E-state index contributed by atoms with van der Waals surface area (Å²) in [5, 5.41) is 23.7. The van der Waals surface area contributed by atoms with Gasteiger partial charge in [0.25, 0.3) is 0 Å². The number of benzene rings is 5. The molecule has 1 unspecified atom stereocenters. The van der Waals surface area contributed by atoms with Gasteiger partial charge in [0.15, 0.2) is 12.2 Å². The van der Waals surface area contributed by atoms with Gasteiger partial charge in [0, 0.05) is 0 Å². The molecule has 0 amide bonds. The number of esters is 2. The Labute approximate surface area is 279 Å². The molecule has 0 bridgehead atoms. The van der Waals surface area contributed by atoms with E-state index in [4.69, 9.17) is 18.9 Å². The summed E-state index contributed by atoms with van der Waals surface area (Å²) in [6.45, 7) is 0.104. The van der Waals surface area contributed by atoms with Gasteiger partial charge in [0.1, 0.15) is 24.4 Å². The lowest BCUT2D eigenvalue weighted by molar-refractivity contribution is -0.249. The third-order valence-electron chi connectivity index (χ3n) is 8.29. The van der Waals surface area contributed by atoms with Crippen molar-refractivity contribution in [3.63, 3.8) is 0 Å². The third-order valence-corrected chi connectivity index (χ3v) is 8.29. The second kappa shape index (κ2) is 15.6. The van der Waals surface area contributed by atoms with E-state index < -0.39 is 48.6 Å². The molecule has 6 rings (SSSR count). The third kappa shape index (κ3) is 7.87. The molecule has 2 N–H and O–H groups in total. The lowest BCUT2D eigenvalue weighted by Crippen LogP contribution is -2.66. The number of ether oxygens (including phenoxy) is 4. The van der Waals surface area contributed by atoms with Gasteiger partial charge in [-0.05, 0) is 46.5 Å². The molecule has 48 heavy (non-hydrogen) atoms. The first-order valence-corrected chi connectivity index (χ1v) is 15.8. The van der Waals surface area contributed by atoms with Gasteiger partial charge in [-0.1, -0.05) is 121 Å². The fraction of sp³-hybridized carbons (Fsp3) is 0.200. The molecular weight excluding hydrogens is 608 g/mol. The normalized spacial score (nSPS) is 22.0. The topological polar surface area (TPSA) is 112 Å². The fourth-order valence-electron chi connectivity index (χ4n) is 5.73. The Morgan fingerprint density at radius 1 is 0.438 bits per heavy atom. The molecule has 5 aromatic carbocycles. The van der Waals surface area contributed by atoms with Crippen LogP contribution in [0.5, 0.6) is 0 Å². The largest absolute Gasteiger partial charge is 0.453 e. The second-order valence-electron chi connectivity index (χ2n) is 11.6. The molecule has 0 aromatic heterocycles. The van der Waals surface area contributed by atoms with Gasteiger partial charge in [-0.15, -0.1) is 0 Å². The summed E-state index contributed by atoms with van der Waals surface area (Å²) >= 11 is 0. The Morgan fingerprint density at radius 2 is 0.792 bits per heavy atom. The highest BCUT2D eigenvalue weighted by Gasteiger charge is 2.55. The first kappa shape index (κ1) is 32.8. The number of carbonyl (C=O) groups is 2. The van der Waals surface area contributed by atoms with Crippen molar-refractivity contribution in [2.24, 2.45) is 0 Å². The summed E-state index contributed by atoms with van der Waals surface area (Å²) in [6.07, 6.45) is -8.38. The molecular formula is C40H36O8. The van der Waals surface area contributed by atoms with Gasteiger partial charge in [-0.3, -0.25) is 0 Å². The molecule has 0 saturated heterocycles. The smallest absolute Gasteiger partial charge is 0.338 e. The van der Waals surface area contributed by atoms with E-state index >= 15 is 0 Å². The first-order valence-electron chi connectivity index (χ1n) is 15.8. The molecule has 8 heteroatoms. The number of aliphatic hydroxyl groups excluding tert-OH is 2. The molecule has 1 saturated carbocycles. The molecule has 0 radical (unpaired) electrons. The predicted molar refractivity (Wildman–Crippen MR) is 179 cm³/mol. The van der Waals surface area contributed by atoms with Gasteiger partial charge >= 0.3 is 11.9 Å². The van der Waals surface area contributed by atoms with E-state index in [1.165, 1.54) is 0 Å². The molecule has 0 heterocycles. The zero-order valence-electron chi connectivity index (χ0n) is 26.1. The Kier molecular flexibility index (Phi) is 10.7. The zero-order chi connectivity index (χ0) is 33.3. The zero-order valence-corrected chi connectivity index (χ0v) is 26.1. The van der Waals surface area contributed by atoms with Crippen LogP contribution in [0.2, 0.25) is 0 Å². The molecule has 0 aliphatic heterocycles. The van der Waals surface area contributed by atoms with Crippen molar-refractivity contribution >= 4 is 11.9 Å². The van der Waals surface area contributed by atoms with Gasteiger partial charge in [0.05, 0.1) is 24.3 Å². The van der Waals surface area contributed by atoms with Crippen LogP contribution in [0.3, 0.4) is 0 Å². The van der Waals surface area contributed by atoms with Crippen molar-refractivity contribution in [1.82, 2.24) is 0 Å². The molecule has 1 aliphatic rings. The lowest BCUT2D eigenvalue weighted by atomic mass is 9.84. The Hall–Kier alpha value is -5.12. The molecule has 6 atom stereocenters. The number of aliphatic hydroxyl groups is 2. The van der Waals surface area contributed by atoms with Crippen molar-refractivity contribution in [2.75, 3.05) is 0 Å². The van der Waals surface area contributed by atoms with E-state index in [-0.39, 0.29) is 24.3 Å². The maximum absolute atomic E-state index is 13.6. The van der Waals surface area contributed by atoms with Gasteiger partial charge in [-0.25, -0.2) is 9.59 Å². The van der Waals surface area contributed by atoms with Crippen LogP contribution < -0.4 is 0 Å². The monoisotopic (exact) mass is 644 g/mol. The lowest BCUT2D eigenvalue weighted by Gasteiger charge is -2.46. The number of carbonyl (C=O) groups excluding carboxylic acids is 2. The SMILES string of the molecule is O=C(O[C@@H]1[C@H](O)[C@H](OC(=O)c2ccccc2)[C@@H](OCc2ccccc2)C(O)[C@H]1OCc1ccccc1)c1ccc(-c2ccccc2)cc1. The predicted octanol–water partition coefficient (Wildman–Crippen LogP) is 6.01. The van der Waals surface area contributed by atoms with Crippen LogP contribution in [0.4, 0.5) is 0 Å². The Bertz CT molecular complexity index is 1750. The summed E-state index contributed by atoms with van der Waals surface area (Å²) in [4.78, 5) is 26.8. The van der Waals surface area contributed by atoms with E-state index in [1.807, 2.05) is 91.0 Å². The maximum atomic E-state index is 13.6. The maximum Gasteiger partial charge on any atom is 0.338 e. The van der Waals surface area contributed by atoms with Crippen molar-refractivity contribution in [2.45, 2.75) is 49.8 Å². The fourth-order valence-corrected chi connectivity index (χ4v) is 5.73. The molecule has 244 valence electrons. The van der Waals surface area contributed by atoms with Crippen LogP contribution in [-0.2, 0) is 32.2 Å². The molecule has 8 nitrogen and oxygen atoms in total. The van der Waals surface area contributed by atoms with Crippen LogP contribution in [0.15, 0.2) is 146 Å². The minimum atomic E-state index is -1.62. The van der Waals surface area contributed by atoms with E-state index in [2.05, 4.69) is 0 Å². The molecule has 5 aromatic rings. The Balaban J connectivity index is 1.29. The molecule has 1 fully saturated rings. The molecule has 0 spiro atoms. The summed E-state index contributed by atoms with van der Waals surface area (Å²) in [6, 6.07) is 43.5. The van der Waals surface area contributed by atoms with E-state index in [0.29, 0.717) is 0 Å². The van der Waals surface area contributed by atoms with E-state index in [9.17, 15) is 19.8 Å². The highest BCUT2D eigenvalue weighted by molar-refractivity contribution is 5.90. The van der Waals surface area contributed by atoms with Crippen LogP contribution in [-0.4, -0.2) is 58.8 Å². The van der Waals surface area contributed by atoms with Crippen LogP contribution in [0.1, 0.15) is 31.8 Å². The second-order valence-corrected chi connectivity index (χ2v) is 11.6. The number of hydrogen-bond donors (Lipinski definition) is 2. The summed E-state index contributed by atoms with van der Waals surface area (Å²) < 4.78 is 24.1. The minimum Gasteiger partial charge on any atom is -0.453 e. The summed E-state index contributed by atoms with van der Waals surface area (Å²) in [5.74, 6) is -1.47. The quantitative estimate of drug-likeness (QED) is 0.168. The number of rotatable bonds is 11. The highest BCUT2D eigenvalue weighted by Crippen LogP contribution is 2.33. The van der Waals surface area contributed by atoms with Gasteiger partial charge in [0.2, 0.25) is 0 Å². The van der Waals surface area contributed by atoms with E-state index in [0.717, 1.165) is 22.3 Å². The van der Waals surface area contributed by atoms with Crippen LogP contribution in [0, 0.1) is 0 Å². The first-order chi connectivity index (χ1) is 23.5. The average Bonchev–Trinajstić information content (AvgIpc) is 3.14. The average molecular weight is 645 g/mol. The highest BCUT2D eigenvalue weighted by atomic mass is 16.6. The summed E-state index contributed by atoms with van der Waals surface area (Å²) in [5.41, 5.74) is 3.99. The number of hydrogen-bond acceptors (Lipinski definition) is 8. The summed E-state index contributed by atoms with van der Waals surface area (Å²) in [7, 11) is 0. The van der Waals surface area contributed by atoms with Gasteiger partial charge < -0.3 is 29.2 Å². The van der Waals surface area contributed by atoms with Crippen molar-refractivity contribution in [3.8, 4) is 11.1 Å².